The maximum Gasteiger partial charge on any atom is 0.275 e. The molecule has 0 amide bonds. The summed E-state index contributed by atoms with van der Waals surface area (Å²) >= 11 is 0. The van der Waals surface area contributed by atoms with Crippen molar-refractivity contribution in [3.63, 3.8) is 0 Å². The van der Waals surface area contributed by atoms with E-state index in [4.69, 9.17) is 5.26 Å². The molecule has 3 rings (SSSR count). The molecule has 0 unspecified atom stereocenters. The van der Waals surface area contributed by atoms with Crippen LogP contribution in [-0.2, 0) is 13.2 Å². The summed E-state index contributed by atoms with van der Waals surface area (Å²) in [6, 6.07) is 17.1. The van der Waals surface area contributed by atoms with Crippen molar-refractivity contribution in [2.45, 2.75) is 20.1 Å². The van der Waals surface area contributed by atoms with Gasteiger partial charge in [0.1, 0.15) is 0 Å². The van der Waals surface area contributed by atoms with Gasteiger partial charge in [-0.15, -0.1) is 0 Å². The average molecular weight is 318 g/mol. The van der Waals surface area contributed by atoms with Gasteiger partial charge < -0.3 is 0 Å². The number of benzene rings is 2. The summed E-state index contributed by atoms with van der Waals surface area (Å²) in [6.07, 6.45) is 0. The Morgan fingerprint density at radius 3 is 2.46 bits per heavy atom. The van der Waals surface area contributed by atoms with E-state index in [-0.39, 0.29) is 5.56 Å². The van der Waals surface area contributed by atoms with Crippen LogP contribution in [0, 0.1) is 18.3 Å². The van der Waals surface area contributed by atoms with Gasteiger partial charge in [0.25, 0.3) is 5.56 Å². The average Bonchev–Trinajstić information content (AvgIpc) is 2.60. The monoisotopic (exact) mass is 318 g/mol. The molecule has 0 saturated carbocycles. The van der Waals surface area contributed by atoms with Crippen molar-refractivity contribution in [2.75, 3.05) is 7.05 Å². The molecular formula is C19H18N4O. The first-order chi connectivity index (χ1) is 11.6. The van der Waals surface area contributed by atoms with Gasteiger partial charge in [-0.2, -0.15) is 10.4 Å². The standard InChI is InChI=1S/C19H18N4O/c1-14-17-5-3-4-6-18(17)19(24)23(21-14)13-22(2)12-16-9-7-15(11-20)8-10-16/h3-10H,12-13H2,1-2H3. The maximum atomic E-state index is 12.6. The third kappa shape index (κ3) is 3.19. The molecule has 2 aromatic carbocycles. The van der Waals surface area contributed by atoms with Gasteiger partial charge in [-0.3, -0.25) is 9.69 Å². The van der Waals surface area contributed by atoms with E-state index in [0.29, 0.717) is 24.2 Å². The number of nitriles is 1. The number of aromatic nitrogens is 2. The smallest absolute Gasteiger partial charge is 0.275 e. The molecule has 0 bridgehead atoms. The van der Waals surface area contributed by atoms with Gasteiger partial charge in [0.05, 0.1) is 29.4 Å². The van der Waals surface area contributed by atoms with Gasteiger partial charge in [-0.1, -0.05) is 30.3 Å². The molecule has 0 radical (unpaired) electrons. The molecule has 120 valence electrons. The second-order valence-corrected chi connectivity index (χ2v) is 5.90. The molecule has 5 heteroatoms. The molecule has 0 fully saturated rings. The molecule has 1 heterocycles. The number of nitrogens with zero attached hydrogens (tertiary/aromatic N) is 4. The van der Waals surface area contributed by atoms with Crippen LogP contribution in [0.3, 0.4) is 0 Å². The fourth-order valence-corrected chi connectivity index (χ4v) is 2.78. The molecule has 0 spiro atoms. The minimum atomic E-state index is -0.0807. The SMILES string of the molecule is Cc1nn(CN(C)Cc2ccc(C#N)cc2)c(=O)c2ccccc12. The van der Waals surface area contributed by atoms with Crippen molar-refractivity contribution < 1.29 is 0 Å². The first-order valence-electron chi connectivity index (χ1n) is 7.72. The van der Waals surface area contributed by atoms with Crippen LogP contribution in [0.4, 0.5) is 0 Å². The Morgan fingerprint density at radius 2 is 1.79 bits per heavy atom. The van der Waals surface area contributed by atoms with Crippen LogP contribution in [0.15, 0.2) is 53.3 Å². The van der Waals surface area contributed by atoms with Crippen molar-refractivity contribution in [1.29, 1.82) is 5.26 Å². The van der Waals surface area contributed by atoms with Crippen LogP contribution >= 0.6 is 0 Å². The van der Waals surface area contributed by atoms with Crippen LogP contribution in [0.1, 0.15) is 16.8 Å². The lowest BCUT2D eigenvalue weighted by Gasteiger charge is -2.18. The van der Waals surface area contributed by atoms with Crippen LogP contribution < -0.4 is 5.56 Å². The fourth-order valence-electron chi connectivity index (χ4n) is 2.78. The molecular weight excluding hydrogens is 300 g/mol. The van der Waals surface area contributed by atoms with E-state index in [2.05, 4.69) is 11.2 Å². The summed E-state index contributed by atoms with van der Waals surface area (Å²) in [7, 11) is 1.94. The normalized spacial score (nSPS) is 10.9. The van der Waals surface area contributed by atoms with Gasteiger partial charge >= 0.3 is 0 Å². The zero-order chi connectivity index (χ0) is 17.1. The number of rotatable bonds is 4. The first kappa shape index (κ1) is 15.9. The summed E-state index contributed by atoms with van der Waals surface area (Å²) < 4.78 is 1.50. The van der Waals surface area contributed by atoms with Crippen LogP contribution in [-0.4, -0.2) is 21.7 Å². The molecule has 5 nitrogen and oxygen atoms in total. The summed E-state index contributed by atoms with van der Waals surface area (Å²) in [6.45, 7) is 3.00. The van der Waals surface area contributed by atoms with E-state index in [1.807, 2.05) is 55.3 Å². The van der Waals surface area contributed by atoms with Crippen LogP contribution in [0.5, 0.6) is 0 Å². The van der Waals surface area contributed by atoms with E-state index in [9.17, 15) is 4.79 Å². The Bertz CT molecular complexity index is 967. The van der Waals surface area contributed by atoms with Crippen LogP contribution in [0.25, 0.3) is 10.8 Å². The highest BCUT2D eigenvalue weighted by atomic mass is 16.1. The molecule has 0 atom stereocenters. The molecule has 1 aromatic heterocycles. The lowest BCUT2D eigenvalue weighted by Crippen LogP contribution is -2.32. The lowest BCUT2D eigenvalue weighted by molar-refractivity contribution is 0.240. The minimum Gasteiger partial charge on any atom is -0.283 e. The maximum absolute atomic E-state index is 12.6. The molecule has 24 heavy (non-hydrogen) atoms. The molecule has 3 aromatic rings. The third-order valence-electron chi connectivity index (χ3n) is 3.96. The predicted octanol–water partition coefficient (Wildman–Crippen LogP) is 2.67. The first-order valence-corrected chi connectivity index (χ1v) is 7.72. The number of fused-ring (bicyclic) bond motifs is 1. The summed E-state index contributed by atoms with van der Waals surface area (Å²) in [5.74, 6) is 0. The Labute approximate surface area is 140 Å². The fraction of sp³-hybridized carbons (Fsp3) is 0.211. The Balaban J connectivity index is 1.82. The van der Waals surface area contributed by atoms with Crippen molar-refractivity contribution in [1.82, 2.24) is 14.7 Å². The summed E-state index contributed by atoms with van der Waals surface area (Å²) in [5, 5.41) is 14.9. The summed E-state index contributed by atoms with van der Waals surface area (Å²) in [5.41, 5.74) is 2.49. The second-order valence-electron chi connectivity index (χ2n) is 5.90. The van der Waals surface area contributed by atoms with E-state index < -0.39 is 0 Å². The zero-order valence-electron chi connectivity index (χ0n) is 13.7. The largest absolute Gasteiger partial charge is 0.283 e. The van der Waals surface area contributed by atoms with Crippen molar-refractivity contribution >= 4 is 10.8 Å². The molecule has 0 aliphatic rings. The van der Waals surface area contributed by atoms with E-state index in [1.54, 1.807) is 12.1 Å². The van der Waals surface area contributed by atoms with Crippen LogP contribution in [0.2, 0.25) is 0 Å². The molecule has 0 aliphatic carbocycles. The van der Waals surface area contributed by atoms with Gasteiger partial charge in [0.15, 0.2) is 0 Å². The highest BCUT2D eigenvalue weighted by molar-refractivity contribution is 5.83. The van der Waals surface area contributed by atoms with E-state index in [0.717, 1.165) is 16.6 Å². The highest BCUT2D eigenvalue weighted by Gasteiger charge is 2.09. The Morgan fingerprint density at radius 1 is 1.12 bits per heavy atom. The van der Waals surface area contributed by atoms with E-state index in [1.165, 1.54) is 4.68 Å². The van der Waals surface area contributed by atoms with Crippen molar-refractivity contribution in [3.8, 4) is 6.07 Å². The number of hydrogen-bond donors (Lipinski definition) is 0. The van der Waals surface area contributed by atoms with Gasteiger partial charge in [0.2, 0.25) is 0 Å². The third-order valence-corrected chi connectivity index (χ3v) is 3.96. The van der Waals surface area contributed by atoms with Gasteiger partial charge in [0, 0.05) is 11.9 Å². The van der Waals surface area contributed by atoms with E-state index >= 15 is 0 Å². The Hall–Kier alpha value is -2.97. The molecule has 0 N–H and O–H groups in total. The number of aryl methyl sites for hydroxylation is 1. The lowest BCUT2D eigenvalue weighted by atomic mass is 10.1. The number of hydrogen-bond acceptors (Lipinski definition) is 4. The second kappa shape index (κ2) is 6.65. The minimum absolute atomic E-state index is 0.0807. The molecule has 0 aliphatic heterocycles. The predicted molar refractivity (Wildman–Crippen MR) is 93.4 cm³/mol. The topological polar surface area (TPSA) is 61.9 Å². The highest BCUT2D eigenvalue weighted by Crippen LogP contribution is 2.12. The zero-order valence-corrected chi connectivity index (χ0v) is 13.7. The van der Waals surface area contributed by atoms with Gasteiger partial charge in [-0.25, -0.2) is 4.68 Å². The van der Waals surface area contributed by atoms with Crippen molar-refractivity contribution in [3.05, 3.63) is 75.7 Å². The van der Waals surface area contributed by atoms with Gasteiger partial charge in [-0.05, 0) is 37.7 Å². The quantitative estimate of drug-likeness (QED) is 0.742. The molecule has 0 saturated heterocycles. The summed E-state index contributed by atoms with van der Waals surface area (Å²) in [4.78, 5) is 14.6. The van der Waals surface area contributed by atoms with Crippen molar-refractivity contribution in [2.24, 2.45) is 0 Å². The Kier molecular flexibility index (Phi) is 4.41.